The quantitative estimate of drug-likeness (QED) is 0.166. The number of aromatic nitrogens is 3. The molecule has 10 nitrogen and oxygen atoms in total. The molecule has 0 radical (unpaired) electrons. The third-order valence-electron chi connectivity index (χ3n) is 7.88. The van der Waals surface area contributed by atoms with E-state index in [1.54, 1.807) is 31.5 Å². The predicted octanol–water partition coefficient (Wildman–Crippen LogP) is 6.37. The molecule has 0 spiro atoms. The molecule has 242 valence electrons. The summed E-state index contributed by atoms with van der Waals surface area (Å²) < 4.78 is 47.3. The lowest BCUT2D eigenvalue weighted by Crippen LogP contribution is -2.31. The number of carbonyl (C=O) groups is 1. The molecule has 0 saturated carbocycles. The zero-order valence-electron chi connectivity index (χ0n) is 25.7. The number of likely N-dealkylation sites (tertiary alicyclic amines) is 1. The minimum absolute atomic E-state index is 0.0848. The van der Waals surface area contributed by atoms with E-state index in [0.717, 1.165) is 32.1 Å². The number of hydrogen-bond donors (Lipinski definition) is 1. The van der Waals surface area contributed by atoms with Crippen LogP contribution in [0, 0.1) is 11.6 Å². The van der Waals surface area contributed by atoms with Crippen LogP contribution in [-0.2, 0) is 0 Å². The molecular formula is C35H33F2N5O5. The van der Waals surface area contributed by atoms with Crippen molar-refractivity contribution in [3.05, 3.63) is 107 Å². The van der Waals surface area contributed by atoms with Gasteiger partial charge in [0, 0.05) is 54.0 Å². The van der Waals surface area contributed by atoms with E-state index in [0.29, 0.717) is 40.4 Å². The first-order chi connectivity index (χ1) is 22.9. The Hall–Kier alpha value is -5.36. The lowest BCUT2D eigenvalue weighted by atomic mass is 10.1. The Labute approximate surface area is 269 Å². The number of hydrogen-bond acceptors (Lipinski definition) is 8. The zero-order chi connectivity index (χ0) is 32.8. The summed E-state index contributed by atoms with van der Waals surface area (Å²) in [6.45, 7) is 3.79. The smallest absolute Gasteiger partial charge is 0.286 e. The number of rotatable bonds is 11. The standard InChI is InChI=1S/C35H33F2N5O5/c1-45-31-21-26-28(22-32(31)46-19-5-17-41-15-3-2-4-16-41)38-13-12-29(26)47-30-11-8-24(20-27(30)37)40-34(43)33-35(44)42(18-14-39-33)25-9-6-23(36)7-10-25/h6-14,18,20-22H,2-5,15-17,19H2,1H3,(H,40,43). The molecule has 5 aromatic rings. The van der Waals surface area contributed by atoms with Crippen molar-refractivity contribution in [2.45, 2.75) is 25.7 Å². The molecule has 0 unspecified atom stereocenters. The van der Waals surface area contributed by atoms with Crippen LogP contribution >= 0.6 is 0 Å². The van der Waals surface area contributed by atoms with E-state index in [-0.39, 0.29) is 11.4 Å². The largest absolute Gasteiger partial charge is 0.493 e. The van der Waals surface area contributed by atoms with Gasteiger partial charge in [-0.15, -0.1) is 0 Å². The molecule has 1 aliphatic heterocycles. The molecule has 1 saturated heterocycles. The molecule has 1 N–H and O–H groups in total. The second-order valence-corrected chi connectivity index (χ2v) is 11.1. The van der Waals surface area contributed by atoms with Crippen molar-refractivity contribution >= 4 is 22.5 Å². The molecule has 1 fully saturated rings. The van der Waals surface area contributed by atoms with Gasteiger partial charge in [-0.1, -0.05) is 6.42 Å². The summed E-state index contributed by atoms with van der Waals surface area (Å²) >= 11 is 0. The topological polar surface area (TPSA) is 108 Å². The molecule has 1 aliphatic rings. The highest BCUT2D eigenvalue weighted by Gasteiger charge is 2.18. The van der Waals surface area contributed by atoms with Crippen molar-refractivity contribution < 1.29 is 27.8 Å². The van der Waals surface area contributed by atoms with Crippen LogP contribution < -0.4 is 25.1 Å². The Morgan fingerprint density at radius 2 is 1.70 bits per heavy atom. The number of benzene rings is 3. The monoisotopic (exact) mass is 641 g/mol. The van der Waals surface area contributed by atoms with Gasteiger partial charge in [0.1, 0.15) is 11.6 Å². The molecule has 2 aromatic heterocycles. The zero-order valence-corrected chi connectivity index (χ0v) is 25.7. The number of fused-ring (bicyclic) bond motifs is 1. The van der Waals surface area contributed by atoms with Gasteiger partial charge in [-0.25, -0.2) is 13.8 Å². The van der Waals surface area contributed by atoms with Gasteiger partial charge in [-0.05, 0) is 80.9 Å². The summed E-state index contributed by atoms with van der Waals surface area (Å²) in [6.07, 6.45) is 8.88. The van der Waals surface area contributed by atoms with Gasteiger partial charge in [0.25, 0.3) is 11.5 Å². The lowest BCUT2D eigenvalue weighted by Gasteiger charge is -2.26. The first-order valence-corrected chi connectivity index (χ1v) is 15.3. The number of nitrogens with one attached hydrogen (secondary N) is 1. The molecule has 0 bridgehead atoms. The van der Waals surface area contributed by atoms with E-state index in [1.165, 1.54) is 72.6 Å². The number of ether oxygens (including phenoxy) is 3. The maximum Gasteiger partial charge on any atom is 0.286 e. The molecule has 47 heavy (non-hydrogen) atoms. The van der Waals surface area contributed by atoms with Crippen molar-refractivity contribution in [1.29, 1.82) is 0 Å². The number of piperidine rings is 1. The molecule has 3 aromatic carbocycles. The van der Waals surface area contributed by atoms with Gasteiger partial charge in [0.05, 0.1) is 19.2 Å². The molecule has 1 amide bonds. The SMILES string of the molecule is COc1cc2c(Oc3ccc(NC(=O)c4nccn(-c5ccc(F)cc5)c4=O)cc3F)ccnc2cc1OCCCN1CCCCC1. The first-order valence-electron chi connectivity index (χ1n) is 15.3. The maximum absolute atomic E-state index is 15.3. The fourth-order valence-corrected chi connectivity index (χ4v) is 5.49. The van der Waals surface area contributed by atoms with E-state index in [4.69, 9.17) is 14.2 Å². The number of anilines is 1. The Morgan fingerprint density at radius 3 is 2.47 bits per heavy atom. The fourth-order valence-electron chi connectivity index (χ4n) is 5.49. The highest BCUT2D eigenvalue weighted by atomic mass is 19.1. The second kappa shape index (κ2) is 14.4. The summed E-state index contributed by atoms with van der Waals surface area (Å²) in [5, 5.41) is 3.09. The highest BCUT2D eigenvalue weighted by molar-refractivity contribution is 6.02. The van der Waals surface area contributed by atoms with Gasteiger partial charge in [0.15, 0.2) is 28.8 Å². The normalized spacial score (nSPS) is 13.3. The van der Waals surface area contributed by atoms with Crippen LogP contribution in [0.4, 0.5) is 14.5 Å². The van der Waals surface area contributed by atoms with Crippen LogP contribution in [0.3, 0.4) is 0 Å². The summed E-state index contributed by atoms with van der Waals surface area (Å²) in [5.74, 6) is -0.742. The summed E-state index contributed by atoms with van der Waals surface area (Å²) in [6, 6.07) is 14.2. The number of methoxy groups -OCH3 is 1. The minimum Gasteiger partial charge on any atom is -0.493 e. The van der Waals surface area contributed by atoms with E-state index in [2.05, 4.69) is 20.2 Å². The number of halogens is 2. The van der Waals surface area contributed by atoms with Crippen molar-refractivity contribution in [3.63, 3.8) is 0 Å². The Bertz CT molecular complexity index is 1940. The summed E-state index contributed by atoms with van der Waals surface area (Å²) in [5.41, 5.74) is -0.112. The van der Waals surface area contributed by atoms with Crippen LogP contribution in [0.15, 0.2) is 84.0 Å². The van der Waals surface area contributed by atoms with Crippen molar-refractivity contribution in [1.82, 2.24) is 19.4 Å². The Morgan fingerprint density at radius 1 is 0.894 bits per heavy atom. The summed E-state index contributed by atoms with van der Waals surface area (Å²) in [4.78, 5) is 36.7. The Kier molecular flexibility index (Phi) is 9.67. The summed E-state index contributed by atoms with van der Waals surface area (Å²) in [7, 11) is 1.55. The van der Waals surface area contributed by atoms with Gasteiger partial charge in [-0.2, -0.15) is 0 Å². The number of nitrogens with zero attached hydrogens (tertiary/aromatic N) is 4. The maximum atomic E-state index is 15.3. The van der Waals surface area contributed by atoms with Crippen LogP contribution in [0.2, 0.25) is 0 Å². The molecule has 0 aliphatic carbocycles. The molecular weight excluding hydrogens is 608 g/mol. The first kappa shape index (κ1) is 31.6. The van der Waals surface area contributed by atoms with Crippen LogP contribution in [0.25, 0.3) is 16.6 Å². The van der Waals surface area contributed by atoms with Crippen molar-refractivity contribution in [2.75, 3.05) is 38.7 Å². The third kappa shape index (κ3) is 7.39. The number of amides is 1. The molecule has 6 rings (SSSR count). The molecule has 12 heteroatoms. The Balaban J connectivity index is 1.14. The highest BCUT2D eigenvalue weighted by Crippen LogP contribution is 2.38. The van der Waals surface area contributed by atoms with Gasteiger partial charge < -0.3 is 24.4 Å². The van der Waals surface area contributed by atoms with Crippen LogP contribution in [0.1, 0.15) is 36.2 Å². The predicted molar refractivity (Wildman–Crippen MR) is 173 cm³/mol. The average molecular weight is 642 g/mol. The van der Waals surface area contributed by atoms with Crippen LogP contribution in [-0.4, -0.2) is 58.7 Å². The number of carbonyl (C=O) groups excluding carboxylic acids is 1. The van der Waals surface area contributed by atoms with E-state index in [1.807, 2.05) is 0 Å². The van der Waals surface area contributed by atoms with E-state index >= 15 is 4.39 Å². The number of pyridine rings is 1. The molecule has 0 atom stereocenters. The fraction of sp³-hybridized carbons (Fsp3) is 0.257. The third-order valence-corrected chi connectivity index (χ3v) is 7.88. The van der Waals surface area contributed by atoms with E-state index < -0.39 is 28.8 Å². The average Bonchev–Trinajstić information content (AvgIpc) is 3.08. The van der Waals surface area contributed by atoms with Gasteiger partial charge in [-0.3, -0.25) is 19.1 Å². The van der Waals surface area contributed by atoms with Crippen molar-refractivity contribution in [3.8, 4) is 28.7 Å². The second-order valence-electron chi connectivity index (χ2n) is 11.1. The van der Waals surface area contributed by atoms with Gasteiger partial charge in [0.2, 0.25) is 0 Å². The lowest BCUT2D eigenvalue weighted by molar-refractivity contribution is 0.102. The van der Waals surface area contributed by atoms with Crippen molar-refractivity contribution in [2.24, 2.45) is 0 Å². The minimum atomic E-state index is -0.837. The van der Waals surface area contributed by atoms with Crippen LogP contribution in [0.5, 0.6) is 23.0 Å². The molecule has 3 heterocycles. The van der Waals surface area contributed by atoms with E-state index in [9.17, 15) is 14.0 Å². The van der Waals surface area contributed by atoms with Gasteiger partial charge >= 0.3 is 0 Å².